The lowest BCUT2D eigenvalue weighted by atomic mass is 10.1. The van der Waals surface area contributed by atoms with E-state index >= 15 is 0 Å². The first-order valence-corrected chi connectivity index (χ1v) is 7.69. The van der Waals surface area contributed by atoms with Crippen LogP contribution in [0.5, 0.6) is 11.5 Å². The fourth-order valence-corrected chi connectivity index (χ4v) is 3.27. The van der Waals surface area contributed by atoms with Crippen molar-refractivity contribution in [2.75, 3.05) is 26.2 Å². The highest BCUT2D eigenvalue weighted by Crippen LogP contribution is 2.41. The molecule has 1 saturated heterocycles. The molecule has 1 N–H and O–H groups in total. The quantitative estimate of drug-likeness (QED) is 0.808. The zero-order chi connectivity index (χ0) is 13.4. The van der Waals surface area contributed by atoms with Crippen molar-refractivity contribution in [1.29, 1.82) is 0 Å². The summed E-state index contributed by atoms with van der Waals surface area (Å²) in [4.78, 5) is 7.21. The van der Waals surface area contributed by atoms with Crippen LogP contribution in [0.1, 0.15) is 5.56 Å². The smallest absolute Gasteiger partial charge is 0.164 e. The Kier molecular flexibility index (Phi) is 2.94. The number of hydrogen-bond donors (Lipinski definition) is 1. The second-order valence-corrected chi connectivity index (χ2v) is 5.76. The summed E-state index contributed by atoms with van der Waals surface area (Å²) in [5.41, 5.74) is 1.08. The molecule has 1 aromatic heterocycles. The molecule has 2 aromatic rings. The molecule has 1 aromatic carbocycles. The summed E-state index contributed by atoms with van der Waals surface area (Å²) in [5, 5.41) is 6.36. The molecule has 3 heterocycles. The third-order valence-electron chi connectivity index (χ3n) is 3.58. The molecule has 0 saturated carbocycles. The van der Waals surface area contributed by atoms with Gasteiger partial charge < -0.3 is 15.0 Å². The summed E-state index contributed by atoms with van der Waals surface area (Å²) in [6, 6.07) is 10.1. The Labute approximate surface area is 121 Å². The van der Waals surface area contributed by atoms with Crippen molar-refractivity contribution >= 4 is 22.2 Å². The van der Waals surface area contributed by atoms with E-state index in [-0.39, 0.29) is 0 Å². The van der Waals surface area contributed by atoms with Crippen molar-refractivity contribution in [2.24, 2.45) is 4.99 Å². The van der Waals surface area contributed by atoms with Gasteiger partial charge >= 0.3 is 0 Å². The summed E-state index contributed by atoms with van der Waals surface area (Å²) in [5.74, 6) is 2.78. The Bertz CT molecular complexity index is 659. The standard InChI is InChI=1S/C15H15N3OS/c1-2-4-12-11(3-1)14(18-8-6-16-7-9-18)17-15-13(19-12)5-10-20-15/h1-5,10,16H,6-9H2. The average molecular weight is 285 g/mol. The highest BCUT2D eigenvalue weighted by molar-refractivity contribution is 7.14. The summed E-state index contributed by atoms with van der Waals surface area (Å²) >= 11 is 1.62. The van der Waals surface area contributed by atoms with Crippen LogP contribution < -0.4 is 10.1 Å². The largest absolute Gasteiger partial charge is 0.453 e. The van der Waals surface area contributed by atoms with Crippen molar-refractivity contribution in [3.8, 4) is 11.5 Å². The lowest BCUT2D eigenvalue weighted by Gasteiger charge is -2.30. The zero-order valence-corrected chi connectivity index (χ0v) is 11.8. The Morgan fingerprint density at radius 1 is 1.10 bits per heavy atom. The lowest BCUT2D eigenvalue weighted by Crippen LogP contribution is -2.46. The van der Waals surface area contributed by atoms with Crippen molar-refractivity contribution in [1.82, 2.24) is 10.2 Å². The number of nitrogens with one attached hydrogen (secondary N) is 1. The summed E-state index contributed by atoms with van der Waals surface area (Å²) in [6.07, 6.45) is 0. The Balaban J connectivity index is 1.85. The summed E-state index contributed by atoms with van der Waals surface area (Å²) in [6.45, 7) is 3.96. The molecular formula is C15H15N3OS. The number of rotatable bonds is 0. The number of para-hydroxylation sites is 1. The minimum absolute atomic E-state index is 0.854. The fraction of sp³-hybridized carbons (Fsp3) is 0.267. The molecule has 2 aliphatic heterocycles. The van der Waals surface area contributed by atoms with Gasteiger partial charge in [0.1, 0.15) is 11.6 Å². The topological polar surface area (TPSA) is 36.9 Å². The third-order valence-corrected chi connectivity index (χ3v) is 4.37. The maximum Gasteiger partial charge on any atom is 0.164 e. The van der Waals surface area contributed by atoms with E-state index in [1.54, 1.807) is 11.3 Å². The molecule has 102 valence electrons. The number of amidine groups is 1. The number of nitrogens with zero attached hydrogens (tertiary/aromatic N) is 2. The van der Waals surface area contributed by atoms with E-state index < -0.39 is 0 Å². The van der Waals surface area contributed by atoms with E-state index in [0.29, 0.717) is 0 Å². The van der Waals surface area contributed by atoms with E-state index in [2.05, 4.69) is 16.3 Å². The lowest BCUT2D eigenvalue weighted by molar-refractivity contribution is 0.357. The zero-order valence-electron chi connectivity index (χ0n) is 11.0. The maximum absolute atomic E-state index is 6.02. The van der Waals surface area contributed by atoms with E-state index in [4.69, 9.17) is 9.73 Å². The molecule has 0 atom stereocenters. The molecule has 0 amide bonds. The van der Waals surface area contributed by atoms with Crippen LogP contribution in [-0.2, 0) is 0 Å². The SMILES string of the molecule is c1ccc2c(c1)Oc1ccsc1N=C2N1CCNCC1. The van der Waals surface area contributed by atoms with Gasteiger partial charge in [0.15, 0.2) is 10.8 Å². The van der Waals surface area contributed by atoms with Gasteiger partial charge in [-0.3, -0.25) is 0 Å². The van der Waals surface area contributed by atoms with Crippen molar-refractivity contribution < 1.29 is 4.74 Å². The first-order chi connectivity index (χ1) is 9.92. The molecule has 2 aliphatic rings. The van der Waals surface area contributed by atoms with Gasteiger partial charge in [-0.05, 0) is 23.6 Å². The molecular weight excluding hydrogens is 270 g/mol. The van der Waals surface area contributed by atoms with Gasteiger partial charge in [0, 0.05) is 26.2 Å². The van der Waals surface area contributed by atoms with Gasteiger partial charge in [-0.25, -0.2) is 4.99 Å². The fourth-order valence-electron chi connectivity index (χ4n) is 2.58. The molecule has 4 nitrogen and oxygen atoms in total. The predicted molar refractivity (Wildman–Crippen MR) is 81.5 cm³/mol. The molecule has 0 aliphatic carbocycles. The van der Waals surface area contributed by atoms with Crippen LogP contribution >= 0.6 is 11.3 Å². The Morgan fingerprint density at radius 2 is 1.95 bits per heavy atom. The van der Waals surface area contributed by atoms with Crippen molar-refractivity contribution in [3.63, 3.8) is 0 Å². The first kappa shape index (κ1) is 11.9. The van der Waals surface area contributed by atoms with Gasteiger partial charge in [0.25, 0.3) is 0 Å². The first-order valence-electron chi connectivity index (χ1n) is 6.81. The van der Waals surface area contributed by atoms with Crippen LogP contribution in [0.15, 0.2) is 40.7 Å². The van der Waals surface area contributed by atoms with Gasteiger partial charge in [-0.1, -0.05) is 12.1 Å². The van der Waals surface area contributed by atoms with Crippen LogP contribution in [-0.4, -0.2) is 36.9 Å². The van der Waals surface area contributed by atoms with Crippen LogP contribution in [0.3, 0.4) is 0 Å². The van der Waals surface area contributed by atoms with Crippen molar-refractivity contribution in [2.45, 2.75) is 0 Å². The molecule has 1 fully saturated rings. The van der Waals surface area contributed by atoms with Gasteiger partial charge in [-0.15, -0.1) is 11.3 Å². The third kappa shape index (κ3) is 1.99. The van der Waals surface area contributed by atoms with Gasteiger partial charge in [-0.2, -0.15) is 0 Å². The number of ether oxygens (including phenoxy) is 1. The van der Waals surface area contributed by atoms with Crippen LogP contribution in [0.2, 0.25) is 0 Å². The molecule has 20 heavy (non-hydrogen) atoms. The Morgan fingerprint density at radius 3 is 2.85 bits per heavy atom. The van der Waals surface area contributed by atoms with Gasteiger partial charge in [0.2, 0.25) is 0 Å². The maximum atomic E-state index is 6.02. The second-order valence-electron chi connectivity index (χ2n) is 4.86. The number of piperazine rings is 1. The minimum Gasteiger partial charge on any atom is -0.453 e. The number of hydrogen-bond acceptors (Lipinski definition) is 5. The molecule has 0 unspecified atom stereocenters. The van der Waals surface area contributed by atoms with Crippen LogP contribution in [0, 0.1) is 0 Å². The molecule has 0 radical (unpaired) electrons. The van der Waals surface area contributed by atoms with E-state index in [1.165, 1.54) is 0 Å². The van der Waals surface area contributed by atoms with Gasteiger partial charge in [0.05, 0.1) is 5.56 Å². The number of thiophene rings is 1. The molecule has 0 spiro atoms. The molecule has 4 rings (SSSR count). The highest BCUT2D eigenvalue weighted by Gasteiger charge is 2.23. The number of fused-ring (bicyclic) bond motifs is 2. The second kappa shape index (κ2) is 4.92. The van der Waals surface area contributed by atoms with E-state index in [9.17, 15) is 0 Å². The van der Waals surface area contributed by atoms with E-state index in [0.717, 1.165) is 54.1 Å². The van der Waals surface area contributed by atoms with E-state index in [1.807, 2.05) is 29.6 Å². The van der Waals surface area contributed by atoms with Crippen LogP contribution in [0.4, 0.5) is 5.00 Å². The highest BCUT2D eigenvalue weighted by atomic mass is 32.1. The van der Waals surface area contributed by atoms with Crippen molar-refractivity contribution in [3.05, 3.63) is 41.3 Å². The predicted octanol–water partition coefficient (Wildman–Crippen LogP) is 2.84. The monoisotopic (exact) mass is 285 g/mol. The average Bonchev–Trinajstić information content (AvgIpc) is 2.87. The summed E-state index contributed by atoms with van der Waals surface area (Å²) < 4.78 is 6.02. The minimum atomic E-state index is 0.854. The number of benzene rings is 1. The summed E-state index contributed by atoms with van der Waals surface area (Å²) in [7, 11) is 0. The molecule has 5 heteroatoms. The van der Waals surface area contributed by atoms with Crippen LogP contribution in [0.25, 0.3) is 0 Å². The normalized spacial score (nSPS) is 17.6. The Hall–Kier alpha value is -1.85. The molecule has 0 bridgehead atoms. The number of aliphatic imine (C=N–C) groups is 1.